The van der Waals surface area contributed by atoms with Crippen LogP contribution < -0.4 is 10.6 Å². The van der Waals surface area contributed by atoms with E-state index in [2.05, 4.69) is 15.5 Å². The lowest BCUT2D eigenvalue weighted by Gasteiger charge is -2.11. The Morgan fingerprint density at radius 3 is 2.23 bits per heavy atom. The zero-order valence-corrected chi connectivity index (χ0v) is 16.1. The highest BCUT2D eigenvalue weighted by Gasteiger charge is 2.10. The molecule has 0 bridgehead atoms. The van der Waals surface area contributed by atoms with Gasteiger partial charge in [-0.25, -0.2) is 0 Å². The second kappa shape index (κ2) is 9.36. The third kappa shape index (κ3) is 5.86. The van der Waals surface area contributed by atoms with E-state index in [4.69, 9.17) is 11.6 Å². The minimum atomic E-state index is -0.242. The number of carbonyl (C=O) groups is 2. The van der Waals surface area contributed by atoms with Crippen LogP contribution in [0.15, 0.2) is 42.5 Å². The number of hydrogen-bond acceptors (Lipinski definition) is 3. The Morgan fingerprint density at radius 2 is 1.62 bits per heavy atom. The molecule has 5 nitrogen and oxygen atoms in total. The fourth-order valence-electron chi connectivity index (χ4n) is 2.40. The number of hydrogen-bond donors (Lipinski definition) is 2. The van der Waals surface area contributed by atoms with Crippen molar-refractivity contribution in [1.29, 1.82) is 0 Å². The average molecular weight is 374 g/mol. The van der Waals surface area contributed by atoms with Gasteiger partial charge in [0.1, 0.15) is 0 Å². The molecule has 2 amide bonds. The van der Waals surface area contributed by atoms with Crippen LogP contribution in [-0.2, 0) is 0 Å². The van der Waals surface area contributed by atoms with E-state index >= 15 is 0 Å². The lowest BCUT2D eigenvalue weighted by Crippen LogP contribution is -2.27. The van der Waals surface area contributed by atoms with E-state index in [-0.39, 0.29) is 11.8 Å². The van der Waals surface area contributed by atoms with Crippen LogP contribution in [0.4, 0.5) is 5.69 Å². The van der Waals surface area contributed by atoms with Crippen LogP contribution in [0.25, 0.3) is 0 Å². The van der Waals surface area contributed by atoms with Crippen molar-refractivity contribution in [3.05, 3.63) is 64.2 Å². The van der Waals surface area contributed by atoms with E-state index in [1.807, 2.05) is 27.1 Å². The molecule has 0 spiro atoms. The molecule has 26 heavy (non-hydrogen) atoms. The number of rotatable bonds is 7. The fraction of sp³-hybridized carbons (Fsp3) is 0.300. The molecule has 2 aromatic rings. The van der Waals surface area contributed by atoms with Gasteiger partial charge in [-0.3, -0.25) is 9.59 Å². The van der Waals surface area contributed by atoms with Crippen LogP contribution in [0.3, 0.4) is 0 Å². The molecular weight excluding hydrogens is 350 g/mol. The van der Waals surface area contributed by atoms with Gasteiger partial charge in [0.2, 0.25) is 0 Å². The number of nitrogens with one attached hydrogen (secondary N) is 2. The minimum Gasteiger partial charge on any atom is -0.352 e. The third-order valence-electron chi connectivity index (χ3n) is 3.92. The molecule has 0 aromatic heterocycles. The van der Waals surface area contributed by atoms with Crippen molar-refractivity contribution in [2.24, 2.45) is 0 Å². The monoisotopic (exact) mass is 373 g/mol. The predicted molar refractivity (Wildman–Crippen MR) is 106 cm³/mol. The first-order valence-corrected chi connectivity index (χ1v) is 8.85. The maximum Gasteiger partial charge on any atom is 0.255 e. The fourth-order valence-corrected chi connectivity index (χ4v) is 2.57. The molecule has 0 aliphatic heterocycles. The third-order valence-corrected chi connectivity index (χ3v) is 4.16. The molecule has 0 saturated heterocycles. The van der Waals surface area contributed by atoms with E-state index in [0.717, 1.165) is 18.5 Å². The topological polar surface area (TPSA) is 61.4 Å². The van der Waals surface area contributed by atoms with Crippen LogP contribution in [0.5, 0.6) is 0 Å². The van der Waals surface area contributed by atoms with Crippen molar-refractivity contribution in [2.75, 3.05) is 32.5 Å². The number of anilines is 1. The molecule has 0 heterocycles. The first kappa shape index (κ1) is 19.9. The Labute approximate surface area is 159 Å². The van der Waals surface area contributed by atoms with E-state index in [1.54, 1.807) is 36.4 Å². The molecule has 0 radical (unpaired) electrons. The zero-order valence-electron chi connectivity index (χ0n) is 15.3. The minimum absolute atomic E-state index is 0.138. The molecule has 2 rings (SSSR count). The lowest BCUT2D eigenvalue weighted by molar-refractivity contribution is 0.0950. The van der Waals surface area contributed by atoms with E-state index in [0.29, 0.717) is 28.4 Å². The average Bonchev–Trinajstić information content (AvgIpc) is 2.61. The number of halogens is 1. The van der Waals surface area contributed by atoms with Gasteiger partial charge in [-0.05, 0) is 75.9 Å². The standard InChI is InChI=1S/C20H24ClN3O2/c1-14-5-10-17(21)13-18(14)23-20(26)16-8-6-15(7-9-16)19(25)22-11-4-12-24(2)3/h5-10,13H,4,11-12H2,1-3H3,(H,22,25)(H,23,26). The highest BCUT2D eigenvalue weighted by Crippen LogP contribution is 2.21. The first-order valence-electron chi connectivity index (χ1n) is 8.47. The molecular formula is C20H24ClN3O2. The molecule has 138 valence electrons. The van der Waals surface area contributed by atoms with Gasteiger partial charge < -0.3 is 15.5 Å². The van der Waals surface area contributed by atoms with Gasteiger partial charge in [0.05, 0.1) is 0 Å². The summed E-state index contributed by atoms with van der Waals surface area (Å²) in [6.45, 7) is 3.44. The van der Waals surface area contributed by atoms with Gasteiger partial charge in [0.15, 0.2) is 0 Å². The summed E-state index contributed by atoms with van der Waals surface area (Å²) in [6.07, 6.45) is 0.887. The van der Waals surface area contributed by atoms with Crippen molar-refractivity contribution in [3.63, 3.8) is 0 Å². The highest BCUT2D eigenvalue weighted by molar-refractivity contribution is 6.31. The molecule has 0 fully saturated rings. The van der Waals surface area contributed by atoms with Gasteiger partial charge in [-0.2, -0.15) is 0 Å². The summed E-state index contributed by atoms with van der Waals surface area (Å²) in [7, 11) is 3.99. The SMILES string of the molecule is Cc1ccc(Cl)cc1NC(=O)c1ccc(C(=O)NCCCN(C)C)cc1. The first-order chi connectivity index (χ1) is 12.4. The van der Waals surface area contributed by atoms with Crippen molar-refractivity contribution < 1.29 is 9.59 Å². The Morgan fingerprint density at radius 1 is 1.00 bits per heavy atom. The second-order valence-electron chi connectivity index (χ2n) is 6.40. The van der Waals surface area contributed by atoms with Gasteiger partial charge >= 0.3 is 0 Å². The normalized spacial score (nSPS) is 10.7. The van der Waals surface area contributed by atoms with E-state index in [9.17, 15) is 9.59 Å². The number of carbonyl (C=O) groups excluding carboxylic acids is 2. The van der Waals surface area contributed by atoms with Crippen LogP contribution >= 0.6 is 11.6 Å². The summed E-state index contributed by atoms with van der Waals surface area (Å²) < 4.78 is 0. The van der Waals surface area contributed by atoms with E-state index < -0.39 is 0 Å². The highest BCUT2D eigenvalue weighted by atomic mass is 35.5. The Balaban J connectivity index is 1.94. The van der Waals surface area contributed by atoms with Gasteiger partial charge in [0.25, 0.3) is 11.8 Å². The van der Waals surface area contributed by atoms with Crippen LogP contribution in [-0.4, -0.2) is 43.9 Å². The van der Waals surface area contributed by atoms with Crippen molar-refractivity contribution >= 4 is 29.1 Å². The van der Waals surface area contributed by atoms with Crippen molar-refractivity contribution in [2.45, 2.75) is 13.3 Å². The van der Waals surface area contributed by atoms with Gasteiger partial charge in [-0.1, -0.05) is 17.7 Å². The largest absolute Gasteiger partial charge is 0.352 e. The van der Waals surface area contributed by atoms with Crippen LogP contribution in [0.2, 0.25) is 5.02 Å². The second-order valence-corrected chi connectivity index (χ2v) is 6.84. The number of benzene rings is 2. The van der Waals surface area contributed by atoms with Gasteiger partial charge in [0, 0.05) is 28.4 Å². The van der Waals surface area contributed by atoms with Crippen molar-refractivity contribution in [1.82, 2.24) is 10.2 Å². The molecule has 0 aliphatic rings. The maximum atomic E-state index is 12.4. The van der Waals surface area contributed by atoms with Crippen LogP contribution in [0.1, 0.15) is 32.7 Å². The Bertz CT molecular complexity index is 773. The van der Waals surface area contributed by atoms with E-state index in [1.165, 1.54) is 0 Å². The number of amides is 2. The number of aryl methyl sites for hydroxylation is 1. The molecule has 0 saturated carbocycles. The van der Waals surface area contributed by atoms with Gasteiger partial charge in [-0.15, -0.1) is 0 Å². The molecule has 2 aromatic carbocycles. The smallest absolute Gasteiger partial charge is 0.255 e. The summed E-state index contributed by atoms with van der Waals surface area (Å²) in [6, 6.07) is 11.9. The summed E-state index contributed by atoms with van der Waals surface area (Å²) in [5.41, 5.74) is 2.61. The summed E-state index contributed by atoms with van der Waals surface area (Å²) >= 11 is 5.97. The quantitative estimate of drug-likeness (QED) is 0.729. The number of nitrogens with zero attached hydrogens (tertiary/aromatic N) is 1. The summed E-state index contributed by atoms with van der Waals surface area (Å²) in [4.78, 5) is 26.5. The molecule has 2 N–H and O–H groups in total. The summed E-state index contributed by atoms with van der Waals surface area (Å²) in [5.74, 6) is -0.380. The predicted octanol–water partition coefficient (Wildman–Crippen LogP) is 3.58. The maximum absolute atomic E-state index is 12.4. The lowest BCUT2D eigenvalue weighted by atomic mass is 10.1. The molecule has 6 heteroatoms. The Kier molecular flexibility index (Phi) is 7.18. The van der Waals surface area contributed by atoms with Crippen LogP contribution in [0, 0.1) is 6.92 Å². The molecule has 0 unspecified atom stereocenters. The summed E-state index contributed by atoms with van der Waals surface area (Å²) in [5, 5.41) is 6.28. The molecule has 0 aliphatic carbocycles. The Hall–Kier alpha value is -2.37. The molecule has 0 atom stereocenters. The zero-order chi connectivity index (χ0) is 19.1. The van der Waals surface area contributed by atoms with Crippen molar-refractivity contribution in [3.8, 4) is 0 Å².